The van der Waals surface area contributed by atoms with Crippen molar-refractivity contribution in [1.29, 1.82) is 0 Å². The zero-order valence-electron chi connectivity index (χ0n) is 11.9. The number of alkyl halides is 3. The molecule has 0 aliphatic carbocycles. The van der Waals surface area contributed by atoms with E-state index in [1.54, 1.807) is 23.9 Å². The van der Waals surface area contributed by atoms with Crippen LogP contribution < -0.4 is 4.90 Å². The molecule has 0 atom stereocenters. The van der Waals surface area contributed by atoms with Gasteiger partial charge in [0.15, 0.2) is 0 Å². The van der Waals surface area contributed by atoms with Crippen molar-refractivity contribution in [3.05, 3.63) is 18.1 Å². The van der Waals surface area contributed by atoms with Crippen molar-refractivity contribution >= 4 is 11.7 Å². The van der Waals surface area contributed by atoms with Crippen molar-refractivity contribution < 1.29 is 18.0 Å². The molecule has 116 valence electrons. The highest BCUT2D eigenvalue weighted by atomic mass is 19.4. The van der Waals surface area contributed by atoms with Crippen LogP contribution >= 0.6 is 0 Å². The highest BCUT2D eigenvalue weighted by Crippen LogP contribution is 2.30. The maximum atomic E-state index is 12.6. The Balaban J connectivity index is 2.04. The molecule has 0 bridgehead atoms. The lowest BCUT2D eigenvalue weighted by Crippen LogP contribution is -2.40. The summed E-state index contributed by atoms with van der Waals surface area (Å²) in [5, 5.41) is 0. The summed E-state index contributed by atoms with van der Waals surface area (Å²) in [5.74, 6) is 0.251. The SMILES string of the molecule is CN(C)C(=O)C1CCN(c2cc(C(F)(F)F)ncn2)CC1. The molecule has 0 N–H and O–H groups in total. The fourth-order valence-corrected chi connectivity index (χ4v) is 2.40. The standard InChI is InChI=1S/C13H17F3N4O/c1-19(2)12(21)9-3-5-20(6-4-9)11-7-10(13(14,15)16)17-8-18-11/h7-9H,3-6H2,1-2H3. The van der Waals surface area contributed by atoms with E-state index in [1.165, 1.54) is 0 Å². The van der Waals surface area contributed by atoms with E-state index >= 15 is 0 Å². The Morgan fingerprint density at radius 3 is 2.43 bits per heavy atom. The maximum Gasteiger partial charge on any atom is 0.433 e. The normalized spacial score (nSPS) is 16.9. The third-order valence-corrected chi connectivity index (χ3v) is 3.55. The molecule has 8 heteroatoms. The van der Waals surface area contributed by atoms with Crippen molar-refractivity contribution in [1.82, 2.24) is 14.9 Å². The monoisotopic (exact) mass is 302 g/mol. The molecular formula is C13H17F3N4O. The molecule has 1 saturated heterocycles. The molecule has 1 fully saturated rings. The van der Waals surface area contributed by atoms with Crippen molar-refractivity contribution in [2.45, 2.75) is 19.0 Å². The van der Waals surface area contributed by atoms with Gasteiger partial charge in [0.1, 0.15) is 17.8 Å². The lowest BCUT2D eigenvalue weighted by molar-refractivity contribution is -0.141. The summed E-state index contributed by atoms with van der Waals surface area (Å²) in [5.41, 5.74) is -0.945. The first kappa shape index (κ1) is 15.5. The quantitative estimate of drug-likeness (QED) is 0.836. The van der Waals surface area contributed by atoms with Gasteiger partial charge in [-0.05, 0) is 12.8 Å². The van der Waals surface area contributed by atoms with Gasteiger partial charge in [-0.15, -0.1) is 0 Å². The van der Waals surface area contributed by atoms with E-state index in [9.17, 15) is 18.0 Å². The van der Waals surface area contributed by atoms with Gasteiger partial charge in [-0.25, -0.2) is 9.97 Å². The number of carbonyl (C=O) groups is 1. The molecule has 1 amide bonds. The number of nitrogens with zero attached hydrogens (tertiary/aromatic N) is 4. The second-order valence-electron chi connectivity index (χ2n) is 5.25. The van der Waals surface area contributed by atoms with Crippen molar-refractivity contribution in [2.24, 2.45) is 5.92 Å². The third-order valence-electron chi connectivity index (χ3n) is 3.55. The zero-order chi connectivity index (χ0) is 15.6. The predicted molar refractivity (Wildman–Crippen MR) is 70.7 cm³/mol. The molecule has 0 saturated carbocycles. The molecule has 0 spiro atoms. The van der Waals surface area contributed by atoms with Gasteiger partial charge in [0.2, 0.25) is 5.91 Å². The second kappa shape index (κ2) is 5.87. The minimum Gasteiger partial charge on any atom is -0.356 e. The Hall–Kier alpha value is -1.86. The molecule has 0 radical (unpaired) electrons. The minimum atomic E-state index is -4.48. The van der Waals surface area contributed by atoms with Crippen molar-refractivity contribution in [3.63, 3.8) is 0 Å². The Morgan fingerprint density at radius 2 is 1.90 bits per heavy atom. The Morgan fingerprint density at radius 1 is 1.29 bits per heavy atom. The summed E-state index contributed by atoms with van der Waals surface area (Å²) >= 11 is 0. The Kier molecular flexibility index (Phi) is 4.34. The lowest BCUT2D eigenvalue weighted by Gasteiger charge is -2.33. The van der Waals surface area contributed by atoms with E-state index in [4.69, 9.17) is 0 Å². The number of aromatic nitrogens is 2. The van der Waals surface area contributed by atoms with Crippen LogP contribution in [0.2, 0.25) is 0 Å². The molecule has 1 aromatic rings. The first-order valence-electron chi connectivity index (χ1n) is 6.64. The third kappa shape index (κ3) is 3.62. The molecule has 2 heterocycles. The summed E-state index contributed by atoms with van der Waals surface area (Å²) < 4.78 is 37.9. The number of hydrogen-bond donors (Lipinski definition) is 0. The van der Waals surface area contributed by atoms with Gasteiger partial charge in [0, 0.05) is 39.2 Å². The van der Waals surface area contributed by atoms with Crippen LogP contribution in [0.15, 0.2) is 12.4 Å². The van der Waals surface area contributed by atoms with Crippen LogP contribution in [0.3, 0.4) is 0 Å². The van der Waals surface area contributed by atoms with E-state index in [-0.39, 0.29) is 17.6 Å². The molecular weight excluding hydrogens is 285 g/mol. The number of hydrogen-bond acceptors (Lipinski definition) is 4. The zero-order valence-corrected chi connectivity index (χ0v) is 11.9. The van der Waals surface area contributed by atoms with Crippen LogP contribution in [-0.4, -0.2) is 48.0 Å². The van der Waals surface area contributed by atoms with Crippen LogP contribution in [0.25, 0.3) is 0 Å². The highest BCUT2D eigenvalue weighted by molar-refractivity contribution is 5.78. The van der Waals surface area contributed by atoms with Gasteiger partial charge in [-0.3, -0.25) is 4.79 Å². The van der Waals surface area contributed by atoms with Gasteiger partial charge in [0.25, 0.3) is 0 Å². The van der Waals surface area contributed by atoms with Crippen LogP contribution in [0.5, 0.6) is 0 Å². The Labute approximate surface area is 120 Å². The highest BCUT2D eigenvalue weighted by Gasteiger charge is 2.34. The van der Waals surface area contributed by atoms with Gasteiger partial charge in [-0.2, -0.15) is 13.2 Å². The lowest BCUT2D eigenvalue weighted by atomic mass is 9.95. The van der Waals surface area contributed by atoms with Gasteiger partial charge in [-0.1, -0.05) is 0 Å². The second-order valence-corrected chi connectivity index (χ2v) is 5.25. The summed E-state index contributed by atoms with van der Waals surface area (Å²) in [6.45, 7) is 1.02. The summed E-state index contributed by atoms with van der Waals surface area (Å²) in [7, 11) is 3.41. The number of piperidine rings is 1. The summed E-state index contributed by atoms with van der Waals surface area (Å²) in [4.78, 5) is 22.3. The predicted octanol–water partition coefficient (Wildman–Crippen LogP) is 1.80. The van der Waals surface area contributed by atoms with E-state index in [0.29, 0.717) is 25.9 Å². The smallest absolute Gasteiger partial charge is 0.356 e. The molecule has 0 unspecified atom stereocenters. The minimum absolute atomic E-state index is 0.0633. The molecule has 1 aliphatic rings. The van der Waals surface area contributed by atoms with Gasteiger partial charge in [0.05, 0.1) is 0 Å². The number of anilines is 1. The average molecular weight is 302 g/mol. The number of rotatable bonds is 2. The molecule has 21 heavy (non-hydrogen) atoms. The molecule has 5 nitrogen and oxygen atoms in total. The molecule has 1 aromatic heterocycles. The van der Waals surface area contributed by atoms with E-state index in [0.717, 1.165) is 12.4 Å². The van der Waals surface area contributed by atoms with Crippen LogP contribution in [0.1, 0.15) is 18.5 Å². The van der Waals surface area contributed by atoms with Crippen molar-refractivity contribution in [2.75, 3.05) is 32.1 Å². The topological polar surface area (TPSA) is 49.3 Å². The van der Waals surface area contributed by atoms with E-state index < -0.39 is 11.9 Å². The number of carbonyl (C=O) groups excluding carboxylic acids is 1. The number of amides is 1. The molecule has 2 rings (SSSR count). The maximum absolute atomic E-state index is 12.6. The Bertz CT molecular complexity index is 510. The average Bonchev–Trinajstić information content (AvgIpc) is 2.46. The fraction of sp³-hybridized carbons (Fsp3) is 0.615. The first-order chi connectivity index (χ1) is 9.79. The van der Waals surface area contributed by atoms with Crippen LogP contribution in [0.4, 0.5) is 19.0 Å². The van der Waals surface area contributed by atoms with Gasteiger partial charge >= 0.3 is 6.18 Å². The van der Waals surface area contributed by atoms with Crippen molar-refractivity contribution in [3.8, 4) is 0 Å². The van der Waals surface area contributed by atoms with Gasteiger partial charge < -0.3 is 9.80 Å². The molecule has 1 aliphatic heterocycles. The fourth-order valence-electron chi connectivity index (χ4n) is 2.40. The number of halogens is 3. The summed E-state index contributed by atoms with van der Waals surface area (Å²) in [6, 6.07) is 0.952. The van der Waals surface area contributed by atoms with Crippen LogP contribution in [-0.2, 0) is 11.0 Å². The summed E-state index contributed by atoms with van der Waals surface area (Å²) in [6.07, 6.45) is -2.32. The largest absolute Gasteiger partial charge is 0.433 e. The van der Waals surface area contributed by atoms with Crippen LogP contribution in [0, 0.1) is 5.92 Å². The van der Waals surface area contributed by atoms with E-state index in [1.807, 2.05) is 0 Å². The molecule has 0 aromatic carbocycles. The first-order valence-corrected chi connectivity index (χ1v) is 6.64. The van der Waals surface area contributed by atoms with E-state index in [2.05, 4.69) is 9.97 Å².